The topological polar surface area (TPSA) is 75.3 Å². The lowest BCUT2D eigenvalue weighted by Crippen LogP contribution is -2.15. The van der Waals surface area contributed by atoms with Gasteiger partial charge in [-0.15, -0.1) is 0 Å². The molecule has 2 N–H and O–H groups in total. The van der Waals surface area contributed by atoms with E-state index < -0.39 is 27.6 Å². The number of nitrogens with one attached hydrogen (secondary N) is 2. The molecule has 5 nitrogen and oxygen atoms in total. The van der Waals surface area contributed by atoms with Crippen LogP contribution in [0, 0.1) is 18.6 Å². The number of para-hydroxylation sites is 1. The third-order valence-electron chi connectivity index (χ3n) is 3.92. The van der Waals surface area contributed by atoms with Gasteiger partial charge in [-0.05, 0) is 61.0 Å². The first-order valence-electron chi connectivity index (χ1n) is 8.21. The summed E-state index contributed by atoms with van der Waals surface area (Å²) in [5, 5.41) is 2.43. The Kier molecular flexibility index (Phi) is 5.41. The third-order valence-corrected chi connectivity index (χ3v) is 5.30. The Morgan fingerprint density at radius 1 is 0.857 bits per heavy atom. The first kappa shape index (κ1) is 19.5. The van der Waals surface area contributed by atoms with Crippen LogP contribution in [0.1, 0.15) is 15.9 Å². The number of hydrogen-bond acceptors (Lipinski definition) is 3. The van der Waals surface area contributed by atoms with Gasteiger partial charge in [0.05, 0.1) is 16.3 Å². The average Bonchev–Trinajstić information content (AvgIpc) is 2.66. The Hall–Kier alpha value is -3.26. The fourth-order valence-corrected chi connectivity index (χ4v) is 3.52. The molecule has 0 aromatic heterocycles. The lowest BCUT2D eigenvalue weighted by Gasteiger charge is -2.10. The summed E-state index contributed by atoms with van der Waals surface area (Å²) in [5.74, 6) is -1.86. The van der Waals surface area contributed by atoms with E-state index in [2.05, 4.69) is 10.0 Å². The minimum absolute atomic E-state index is 0.0218. The number of carbonyl (C=O) groups is 1. The zero-order valence-corrected chi connectivity index (χ0v) is 15.6. The van der Waals surface area contributed by atoms with Crippen LogP contribution in [0.3, 0.4) is 0 Å². The van der Waals surface area contributed by atoms with Gasteiger partial charge in [-0.3, -0.25) is 9.52 Å². The summed E-state index contributed by atoms with van der Waals surface area (Å²) < 4.78 is 54.4. The van der Waals surface area contributed by atoms with Gasteiger partial charge in [0.2, 0.25) is 0 Å². The van der Waals surface area contributed by atoms with Gasteiger partial charge in [-0.25, -0.2) is 17.2 Å². The SMILES string of the molecule is Cc1ccc(NC(=O)c2ccc(S(=O)(=O)Nc3ccccc3F)cc2)c(F)c1. The van der Waals surface area contributed by atoms with E-state index in [9.17, 15) is 22.0 Å². The highest BCUT2D eigenvalue weighted by Gasteiger charge is 2.17. The molecule has 0 fully saturated rings. The summed E-state index contributed by atoms with van der Waals surface area (Å²) in [4.78, 5) is 12.1. The van der Waals surface area contributed by atoms with Crippen LogP contribution in [0.2, 0.25) is 0 Å². The van der Waals surface area contributed by atoms with Gasteiger partial charge in [0.1, 0.15) is 11.6 Å². The highest BCUT2D eigenvalue weighted by atomic mass is 32.2. The van der Waals surface area contributed by atoms with E-state index in [1.165, 1.54) is 54.6 Å². The average molecular weight is 402 g/mol. The summed E-state index contributed by atoms with van der Waals surface area (Å²) in [7, 11) is -4.03. The number of rotatable bonds is 5. The van der Waals surface area contributed by atoms with Gasteiger partial charge in [0.25, 0.3) is 15.9 Å². The Bertz CT molecular complexity index is 1130. The maximum Gasteiger partial charge on any atom is 0.261 e. The number of amides is 1. The monoisotopic (exact) mass is 402 g/mol. The van der Waals surface area contributed by atoms with Crippen molar-refractivity contribution in [1.82, 2.24) is 0 Å². The van der Waals surface area contributed by atoms with Crippen LogP contribution in [0.5, 0.6) is 0 Å². The number of hydrogen-bond donors (Lipinski definition) is 2. The van der Waals surface area contributed by atoms with E-state index >= 15 is 0 Å². The number of carbonyl (C=O) groups excluding carboxylic acids is 1. The van der Waals surface area contributed by atoms with E-state index in [4.69, 9.17) is 0 Å². The summed E-state index contributed by atoms with van der Waals surface area (Å²) in [6, 6.07) is 14.8. The molecule has 8 heteroatoms. The Morgan fingerprint density at radius 2 is 1.54 bits per heavy atom. The predicted octanol–water partition coefficient (Wildman–Crippen LogP) is 4.33. The highest BCUT2D eigenvalue weighted by Crippen LogP contribution is 2.20. The van der Waals surface area contributed by atoms with E-state index in [0.717, 1.165) is 6.07 Å². The second-order valence-corrected chi connectivity index (χ2v) is 7.73. The molecule has 1 amide bonds. The van der Waals surface area contributed by atoms with E-state index in [1.54, 1.807) is 13.0 Å². The molecule has 3 aromatic carbocycles. The van der Waals surface area contributed by atoms with Crippen molar-refractivity contribution < 1.29 is 22.0 Å². The van der Waals surface area contributed by atoms with Gasteiger partial charge in [-0.1, -0.05) is 18.2 Å². The number of benzene rings is 3. The number of halogens is 2. The van der Waals surface area contributed by atoms with E-state index in [-0.39, 0.29) is 21.8 Å². The van der Waals surface area contributed by atoms with Crippen molar-refractivity contribution in [1.29, 1.82) is 0 Å². The van der Waals surface area contributed by atoms with Crippen molar-refractivity contribution in [3.8, 4) is 0 Å². The molecule has 0 aliphatic carbocycles. The normalized spacial score (nSPS) is 11.1. The van der Waals surface area contributed by atoms with Crippen LogP contribution in [0.4, 0.5) is 20.2 Å². The summed E-state index contributed by atoms with van der Waals surface area (Å²) >= 11 is 0. The van der Waals surface area contributed by atoms with Crippen LogP contribution in [0.15, 0.2) is 71.6 Å². The molecule has 0 bridgehead atoms. The zero-order valence-electron chi connectivity index (χ0n) is 14.7. The fraction of sp³-hybridized carbons (Fsp3) is 0.0500. The van der Waals surface area contributed by atoms with Gasteiger partial charge >= 0.3 is 0 Å². The molecule has 0 spiro atoms. The lowest BCUT2D eigenvalue weighted by atomic mass is 10.2. The zero-order chi connectivity index (χ0) is 20.3. The summed E-state index contributed by atoms with van der Waals surface area (Å²) in [6.45, 7) is 1.73. The Labute approximate surface area is 161 Å². The van der Waals surface area contributed by atoms with Crippen molar-refractivity contribution >= 4 is 27.3 Å². The molecule has 0 aliphatic rings. The van der Waals surface area contributed by atoms with Crippen LogP contribution in [0.25, 0.3) is 0 Å². The Balaban J connectivity index is 1.77. The lowest BCUT2D eigenvalue weighted by molar-refractivity contribution is 0.102. The van der Waals surface area contributed by atoms with Crippen LogP contribution < -0.4 is 10.0 Å². The molecule has 0 unspecified atom stereocenters. The maximum absolute atomic E-state index is 13.9. The van der Waals surface area contributed by atoms with Crippen LogP contribution in [-0.4, -0.2) is 14.3 Å². The van der Waals surface area contributed by atoms with E-state index in [1.807, 2.05) is 0 Å². The standard InChI is InChI=1S/C20H16F2N2O3S/c1-13-6-11-18(17(22)12-13)23-20(25)14-7-9-15(10-8-14)28(26,27)24-19-5-3-2-4-16(19)21/h2-12,24H,1H3,(H,23,25). The van der Waals surface area contributed by atoms with Crippen molar-refractivity contribution in [3.63, 3.8) is 0 Å². The molecule has 0 saturated carbocycles. The smallest absolute Gasteiger partial charge is 0.261 e. The first-order valence-corrected chi connectivity index (χ1v) is 9.69. The van der Waals surface area contributed by atoms with Crippen LogP contribution in [-0.2, 0) is 10.0 Å². The van der Waals surface area contributed by atoms with Crippen molar-refractivity contribution in [2.45, 2.75) is 11.8 Å². The minimum atomic E-state index is -4.03. The quantitative estimate of drug-likeness (QED) is 0.667. The van der Waals surface area contributed by atoms with Gasteiger partial charge in [0, 0.05) is 5.56 Å². The molecule has 28 heavy (non-hydrogen) atoms. The first-order chi connectivity index (χ1) is 13.3. The second kappa shape index (κ2) is 7.77. The van der Waals surface area contributed by atoms with Gasteiger partial charge in [0.15, 0.2) is 0 Å². The van der Waals surface area contributed by atoms with E-state index in [0.29, 0.717) is 5.56 Å². The summed E-state index contributed by atoms with van der Waals surface area (Å²) in [6.07, 6.45) is 0. The molecule has 3 aromatic rings. The van der Waals surface area contributed by atoms with Crippen LogP contribution >= 0.6 is 0 Å². The Morgan fingerprint density at radius 3 is 2.18 bits per heavy atom. The largest absolute Gasteiger partial charge is 0.319 e. The molecule has 0 heterocycles. The third kappa shape index (κ3) is 4.34. The molecular weight excluding hydrogens is 386 g/mol. The molecule has 0 atom stereocenters. The fourth-order valence-electron chi connectivity index (χ4n) is 2.45. The predicted molar refractivity (Wildman–Crippen MR) is 103 cm³/mol. The minimum Gasteiger partial charge on any atom is -0.319 e. The van der Waals surface area contributed by atoms with Crippen molar-refractivity contribution in [3.05, 3.63) is 89.5 Å². The molecule has 0 aliphatic heterocycles. The number of anilines is 2. The molecule has 0 saturated heterocycles. The summed E-state index contributed by atoms with van der Waals surface area (Å²) in [5.41, 5.74) is 0.699. The highest BCUT2D eigenvalue weighted by molar-refractivity contribution is 7.92. The number of aryl methyl sites for hydroxylation is 1. The molecule has 0 radical (unpaired) electrons. The maximum atomic E-state index is 13.9. The van der Waals surface area contributed by atoms with Crippen molar-refractivity contribution in [2.24, 2.45) is 0 Å². The molecule has 144 valence electrons. The van der Waals surface area contributed by atoms with Gasteiger partial charge in [-0.2, -0.15) is 0 Å². The second-order valence-electron chi connectivity index (χ2n) is 6.05. The molecular formula is C20H16F2N2O3S. The van der Waals surface area contributed by atoms with Gasteiger partial charge < -0.3 is 5.32 Å². The van der Waals surface area contributed by atoms with Crippen molar-refractivity contribution in [2.75, 3.05) is 10.0 Å². The number of sulfonamides is 1. The molecule has 3 rings (SSSR count).